The fourth-order valence-corrected chi connectivity index (χ4v) is 1.89. The fourth-order valence-electron chi connectivity index (χ4n) is 1.89. The van der Waals surface area contributed by atoms with Gasteiger partial charge in [-0.1, -0.05) is 12.1 Å². The van der Waals surface area contributed by atoms with Crippen molar-refractivity contribution in [3.05, 3.63) is 65.0 Å². The van der Waals surface area contributed by atoms with Crippen LogP contribution in [0.4, 0.5) is 0 Å². The van der Waals surface area contributed by atoms with E-state index in [0.717, 1.165) is 5.56 Å². The molecule has 0 aliphatic carbocycles. The summed E-state index contributed by atoms with van der Waals surface area (Å²) in [4.78, 5) is 36.5. The molecule has 118 valence electrons. The number of carboxylic acid groups (broad SMARTS) is 1. The topological polar surface area (TPSA) is 99.3 Å². The largest absolute Gasteiger partial charge is 0.478 e. The summed E-state index contributed by atoms with van der Waals surface area (Å²) in [5.41, 5.74) is 2.05. The van der Waals surface area contributed by atoms with Crippen molar-refractivity contribution in [3.63, 3.8) is 0 Å². The minimum absolute atomic E-state index is 0.0737. The van der Waals surface area contributed by atoms with Crippen molar-refractivity contribution >= 4 is 23.7 Å². The first kappa shape index (κ1) is 16.2. The van der Waals surface area contributed by atoms with Crippen LogP contribution in [0.15, 0.2) is 42.5 Å². The molecule has 3 N–H and O–H groups in total. The van der Waals surface area contributed by atoms with Crippen LogP contribution in [0.3, 0.4) is 0 Å². The number of nitrogens with one attached hydrogen (secondary N) is 2. The van der Waals surface area contributed by atoms with Crippen molar-refractivity contribution in [2.75, 3.05) is 0 Å². The second-order valence-corrected chi connectivity index (χ2v) is 4.96. The van der Waals surface area contributed by atoms with Crippen LogP contribution >= 0.6 is 0 Å². The number of aromatic amines is 1. The van der Waals surface area contributed by atoms with Gasteiger partial charge in [0, 0.05) is 12.2 Å². The summed E-state index contributed by atoms with van der Waals surface area (Å²) in [5, 5.41) is 11.6. The molecule has 6 heteroatoms. The molecular weight excluding hydrogens is 296 g/mol. The number of ketones is 1. The van der Waals surface area contributed by atoms with Gasteiger partial charge in [-0.05, 0) is 48.9 Å². The van der Waals surface area contributed by atoms with Crippen LogP contribution in [-0.4, -0.2) is 27.8 Å². The Balaban J connectivity index is 1.94. The Bertz CT molecular complexity index is 757. The molecule has 0 bridgehead atoms. The number of benzene rings is 1. The highest BCUT2D eigenvalue weighted by Gasteiger charge is 2.08. The Morgan fingerprint density at radius 2 is 1.83 bits per heavy atom. The maximum Gasteiger partial charge on any atom is 0.335 e. The molecule has 0 aliphatic heterocycles. The number of carboxylic acids is 1. The van der Waals surface area contributed by atoms with Crippen LogP contribution in [0.25, 0.3) is 6.08 Å². The number of rotatable bonds is 6. The van der Waals surface area contributed by atoms with E-state index < -0.39 is 5.97 Å². The summed E-state index contributed by atoms with van der Waals surface area (Å²) in [6.07, 6.45) is 3.02. The van der Waals surface area contributed by atoms with Crippen molar-refractivity contribution in [3.8, 4) is 0 Å². The molecule has 0 unspecified atom stereocenters. The van der Waals surface area contributed by atoms with E-state index in [2.05, 4.69) is 10.3 Å². The summed E-state index contributed by atoms with van der Waals surface area (Å²) in [5.74, 6) is -1.34. The van der Waals surface area contributed by atoms with E-state index in [9.17, 15) is 14.4 Å². The van der Waals surface area contributed by atoms with Crippen molar-refractivity contribution < 1.29 is 19.5 Å². The maximum absolute atomic E-state index is 12.0. The third kappa shape index (κ3) is 4.67. The molecule has 1 heterocycles. The lowest BCUT2D eigenvalue weighted by Gasteiger charge is -2.04. The molecule has 0 spiro atoms. The third-order valence-electron chi connectivity index (χ3n) is 3.10. The maximum atomic E-state index is 12.0. The average molecular weight is 312 g/mol. The van der Waals surface area contributed by atoms with Gasteiger partial charge in [0.05, 0.1) is 5.56 Å². The van der Waals surface area contributed by atoms with E-state index >= 15 is 0 Å². The zero-order valence-corrected chi connectivity index (χ0v) is 12.5. The van der Waals surface area contributed by atoms with Gasteiger partial charge in [0.15, 0.2) is 5.78 Å². The second-order valence-electron chi connectivity index (χ2n) is 4.96. The summed E-state index contributed by atoms with van der Waals surface area (Å²) >= 11 is 0. The Morgan fingerprint density at radius 1 is 1.13 bits per heavy atom. The van der Waals surface area contributed by atoms with Gasteiger partial charge in [-0.3, -0.25) is 9.59 Å². The molecular formula is C17H16N2O4. The van der Waals surface area contributed by atoms with E-state index in [0.29, 0.717) is 11.4 Å². The number of aromatic carboxylic acids is 1. The number of carbonyl (C=O) groups excluding carboxylic acids is 2. The van der Waals surface area contributed by atoms with Gasteiger partial charge in [0.1, 0.15) is 5.69 Å². The SMILES string of the molecule is CC(=O)/C=C/c1ccc(C(=O)NCc2ccc(C(=O)O)cc2)[nH]1. The molecule has 1 aromatic carbocycles. The first-order valence-electron chi connectivity index (χ1n) is 6.94. The zero-order valence-electron chi connectivity index (χ0n) is 12.5. The van der Waals surface area contributed by atoms with Crippen LogP contribution < -0.4 is 5.32 Å². The number of carbonyl (C=O) groups is 3. The molecule has 6 nitrogen and oxygen atoms in total. The van der Waals surface area contributed by atoms with E-state index in [1.165, 1.54) is 25.1 Å². The number of amides is 1. The molecule has 2 aromatic rings. The lowest BCUT2D eigenvalue weighted by molar-refractivity contribution is -0.112. The normalized spacial score (nSPS) is 10.7. The van der Waals surface area contributed by atoms with Crippen LogP contribution in [-0.2, 0) is 11.3 Å². The van der Waals surface area contributed by atoms with Crippen LogP contribution in [0.2, 0.25) is 0 Å². The average Bonchev–Trinajstić information content (AvgIpc) is 3.00. The Labute approximate surface area is 132 Å². The highest BCUT2D eigenvalue weighted by Crippen LogP contribution is 2.07. The first-order chi connectivity index (χ1) is 11.0. The van der Waals surface area contributed by atoms with Crippen molar-refractivity contribution in [2.24, 2.45) is 0 Å². The van der Waals surface area contributed by atoms with Crippen molar-refractivity contribution in [1.82, 2.24) is 10.3 Å². The second kappa shape index (κ2) is 7.22. The molecule has 23 heavy (non-hydrogen) atoms. The number of hydrogen-bond donors (Lipinski definition) is 3. The monoisotopic (exact) mass is 312 g/mol. The summed E-state index contributed by atoms with van der Waals surface area (Å²) in [6.45, 7) is 1.74. The summed E-state index contributed by atoms with van der Waals surface area (Å²) < 4.78 is 0. The molecule has 2 rings (SSSR count). The summed E-state index contributed by atoms with van der Waals surface area (Å²) in [7, 11) is 0. The minimum Gasteiger partial charge on any atom is -0.478 e. The van der Waals surface area contributed by atoms with E-state index in [1.807, 2.05) is 0 Å². The Hall–Kier alpha value is -3.15. The predicted octanol–water partition coefficient (Wildman–Crippen LogP) is 2.25. The molecule has 0 fully saturated rings. The Morgan fingerprint density at radius 3 is 2.43 bits per heavy atom. The predicted molar refractivity (Wildman–Crippen MR) is 85.1 cm³/mol. The molecule has 0 atom stereocenters. The molecule has 1 amide bonds. The van der Waals surface area contributed by atoms with Crippen LogP contribution in [0.1, 0.15) is 39.0 Å². The highest BCUT2D eigenvalue weighted by atomic mass is 16.4. The highest BCUT2D eigenvalue weighted by molar-refractivity contribution is 5.94. The van der Waals surface area contributed by atoms with E-state index in [1.54, 1.807) is 30.3 Å². The van der Waals surface area contributed by atoms with Gasteiger partial charge in [-0.2, -0.15) is 0 Å². The van der Waals surface area contributed by atoms with Gasteiger partial charge >= 0.3 is 5.97 Å². The number of aromatic nitrogens is 1. The minimum atomic E-state index is -0.988. The van der Waals surface area contributed by atoms with Gasteiger partial charge in [-0.25, -0.2) is 4.79 Å². The van der Waals surface area contributed by atoms with Gasteiger partial charge in [0.2, 0.25) is 0 Å². The third-order valence-corrected chi connectivity index (χ3v) is 3.10. The number of allylic oxidation sites excluding steroid dienone is 1. The Kier molecular flexibility index (Phi) is 5.09. The lowest BCUT2D eigenvalue weighted by Crippen LogP contribution is -2.23. The van der Waals surface area contributed by atoms with Crippen LogP contribution in [0.5, 0.6) is 0 Å². The zero-order chi connectivity index (χ0) is 16.8. The van der Waals surface area contributed by atoms with Crippen molar-refractivity contribution in [1.29, 1.82) is 0 Å². The van der Waals surface area contributed by atoms with E-state index in [-0.39, 0.29) is 23.8 Å². The van der Waals surface area contributed by atoms with E-state index in [4.69, 9.17) is 5.11 Å². The number of H-pyrrole nitrogens is 1. The molecule has 0 radical (unpaired) electrons. The van der Waals surface area contributed by atoms with Gasteiger partial charge in [0.25, 0.3) is 5.91 Å². The standard InChI is InChI=1S/C17H16N2O4/c1-11(20)2-7-14-8-9-15(19-14)16(21)18-10-12-3-5-13(6-4-12)17(22)23/h2-9,19H,10H2,1H3,(H,18,21)(H,22,23)/b7-2+. The lowest BCUT2D eigenvalue weighted by atomic mass is 10.1. The van der Waals surface area contributed by atoms with Gasteiger partial charge < -0.3 is 15.4 Å². The van der Waals surface area contributed by atoms with Crippen molar-refractivity contribution in [2.45, 2.75) is 13.5 Å². The molecule has 0 saturated heterocycles. The van der Waals surface area contributed by atoms with Crippen LogP contribution in [0, 0.1) is 0 Å². The fraction of sp³-hybridized carbons (Fsp3) is 0.118. The number of hydrogen-bond acceptors (Lipinski definition) is 3. The smallest absolute Gasteiger partial charge is 0.335 e. The molecule has 0 aliphatic rings. The first-order valence-corrected chi connectivity index (χ1v) is 6.94. The molecule has 1 aromatic heterocycles. The van der Waals surface area contributed by atoms with Gasteiger partial charge in [-0.15, -0.1) is 0 Å². The quantitative estimate of drug-likeness (QED) is 0.712. The summed E-state index contributed by atoms with van der Waals surface area (Å²) in [6, 6.07) is 9.61. The molecule has 0 saturated carbocycles.